The van der Waals surface area contributed by atoms with E-state index in [2.05, 4.69) is 25.5 Å². The minimum atomic E-state index is -0.534. The summed E-state index contributed by atoms with van der Waals surface area (Å²) in [6.07, 6.45) is 1.24. The topological polar surface area (TPSA) is 106 Å². The number of hydrogen-bond donors (Lipinski definition) is 2. The average Bonchev–Trinajstić information content (AvgIpc) is 2.97. The summed E-state index contributed by atoms with van der Waals surface area (Å²) in [4.78, 5) is 32.3. The second kappa shape index (κ2) is 5.35. The van der Waals surface area contributed by atoms with Crippen LogP contribution in [0.2, 0.25) is 0 Å². The second-order valence-electron chi connectivity index (χ2n) is 4.59. The van der Waals surface area contributed by atoms with Gasteiger partial charge in [0.25, 0.3) is 5.56 Å². The zero-order valence-corrected chi connectivity index (χ0v) is 11.5. The van der Waals surface area contributed by atoms with Crippen LogP contribution in [0.5, 0.6) is 0 Å². The summed E-state index contributed by atoms with van der Waals surface area (Å²) < 4.78 is 14.5. The number of anilines is 1. The minimum absolute atomic E-state index is 0.123. The van der Waals surface area contributed by atoms with Crippen molar-refractivity contribution in [2.45, 2.75) is 13.5 Å². The van der Waals surface area contributed by atoms with Crippen LogP contribution in [0.1, 0.15) is 5.82 Å². The van der Waals surface area contributed by atoms with E-state index in [4.69, 9.17) is 0 Å². The summed E-state index contributed by atoms with van der Waals surface area (Å²) in [6, 6.07) is 3.77. The van der Waals surface area contributed by atoms with Crippen molar-refractivity contribution in [3.63, 3.8) is 0 Å². The summed E-state index contributed by atoms with van der Waals surface area (Å²) in [6.45, 7) is 1.34. The first-order chi connectivity index (χ1) is 10.5. The average molecular weight is 302 g/mol. The third-order valence-electron chi connectivity index (χ3n) is 3.08. The molecular weight excluding hydrogens is 291 g/mol. The van der Waals surface area contributed by atoms with E-state index in [1.54, 1.807) is 6.92 Å². The number of benzene rings is 1. The Balaban J connectivity index is 1.96. The molecule has 0 aliphatic carbocycles. The van der Waals surface area contributed by atoms with E-state index >= 15 is 0 Å². The molecule has 22 heavy (non-hydrogen) atoms. The number of rotatable bonds is 3. The number of carbonyl (C=O) groups excluding carboxylic acids is 1. The number of hydrogen-bond acceptors (Lipinski definition) is 5. The van der Waals surface area contributed by atoms with E-state index in [9.17, 15) is 14.0 Å². The largest absolute Gasteiger partial charge is 0.293 e. The molecule has 3 aromatic rings. The maximum absolute atomic E-state index is 13.3. The molecule has 3 rings (SSSR count). The van der Waals surface area contributed by atoms with Crippen LogP contribution >= 0.6 is 0 Å². The molecule has 2 heterocycles. The normalized spacial score (nSPS) is 10.8. The Labute approximate surface area is 123 Å². The van der Waals surface area contributed by atoms with Gasteiger partial charge in [0.2, 0.25) is 11.9 Å². The fourth-order valence-electron chi connectivity index (χ4n) is 2.07. The molecule has 0 bridgehead atoms. The zero-order chi connectivity index (χ0) is 15.7. The lowest BCUT2D eigenvalue weighted by Gasteiger charge is -2.10. The van der Waals surface area contributed by atoms with Gasteiger partial charge in [-0.15, -0.1) is 0 Å². The van der Waals surface area contributed by atoms with Crippen LogP contribution in [-0.4, -0.2) is 30.6 Å². The predicted molar refractivity (Wildman–Crippen MR) is 75.7 cm³/mol. The van der Waals surface area contributed by atoms with Gasteiger partial charge < -0.3 is 0 Å². The standard InChI is InChI=1S/C13H11FN6O2/c1-7-17-10-3-2-8(14)4-9(10)12(22)20(7)5-11(21)18-13-15-6-16-19-13/h2-4,6H,5H2,1H3,(H2,15,16,18,19,21). The molecule has 0 aliphatic heterocycles. The number of aromatic amines is 1. The van der Waals surface area contributed by atoms with Crippen LogP contribution in [0, 0.1) is 12.7 Å². The Morgan fingerprint density at radius 2 is 2.27 bits per heavy atom. The Bertz CT molecular complexity index is 903. The summed E-state index contributed by atoms with van der Waals surface area (Å²) in [5.41, 5.74) is -0.0921. The maximum Gasteiger partial charge on any atom is 0.261 e. The first-order valence-electron chi connectivity index (χ1n) is 6.36. The van der Waals surface area contributed by atoms with Gasteiger partial charge in [-0.3, -0.25) is 19.5 Å². The van der Waals surface area contributed by atoms with Crippen LogP contribution < -0.4 is 10.9 Å². The third kappa shape index (κ3) is 2.55. The first-order valence-corrected chi connectivity index (χ1v) is 6.36. The van der Waals surface area contributed by atoms with Crippen molar-refractivity contribution >= 4 is 22.8 Å². The molecular formula is C13H11FN6O2. The van der Waals surface area contributed by atoms with E-state index in [-0.39, 0.29) is 17.9 Å². The van der Waals surface area contributed by atoms with Gasteiger partial charge in [0.05, 0.1) is 10.9 Å². The molecule has 0 saturated heterocycles. The highest BCUT2D eigenvalue weighted by Crippen LogP contribution is 2.10. The Hall–Kier alpha value is -3.10. The lowest BCUT2D eigenvalue weighted by Crippen LogP contribution is -2.30. The molecule has 112 valence electrons. The van der Waals surface area contributed by atoms with Crippen LogP contribution in [0.3, 0.4) is 0 Å². The van der Waals surface area contributed by atoms with Gasteiger partial charge in [-0.25, -0.2) is 14.5 Å². The monoisotopic (exact) mass is 302 g/mol. The molecule has 0 unspecified atom stereocenters. The zero-order valence-electron chi connectivity index (χ0n) is 11.5. The van der Waals surface area contributed by atoms with Gasteiger partial charge in [0.15, 0.2) is 0 Å². The van der Waals surface area contributed by atoms with E-state index in [1.165, 1.54) is 23.0 Å². The number of nitrogens with zero attached hydrogens (tertiary/aromatic N) is 4. The van der Waals surface area contributed by atoms with Crippen molar-refractivity contribution < 1.29 is 9.18 Å². The number of amides is 1. The van der Waals surface area contributed by atoms with E-state index in [1.807, 2.05) is 0 Å². The van der Waals surface area contributed by atoms with Crippen molar-refractivity contribution in [3.05, 3.63) is 46.5 Å². The molecule has 0 spiro atoms. The molecule has 2 N–H and O–H groups in total. The smallest absolute Gasteiger partial charge is 0.261 e. The number of fused-ring (bicyclic) bond motifs is 1. The fourth-order valence-corrected chi connectivity index (χ4v) is 2.07. The Kier molecular flexibility index (Phi) is 3.37. The van der Waals surface area contributed by atoms with Crippen LogP contribution in [-0.2, 0) is 11.3 Å². The SMILES string of the molecule is Cc1nc2ccc(F)cc2c(=O)n1CC(=O)Nc1ncn[nH]1. The number of aryl methyl sites for hydroxylation is 1. The third-order valence-corrected chi connectivity index (χ3v) is 3.08. The number of halogens is 1. The van der Waals surface area contributed by atoms with Crippen LogP contribution in [0.4, 0.5) is 10.3 Å². The van der Waals surface area contributed by atoms with Gasteiger partial charge in [-0.05, 0) is 25.1 Å². The van der Waals surface area contributed by atoms with Gasteiger partial charge in [0, 0.05) is 0 Å². The van der Waals surface area contributed by atoms with E-state index < -0.39 is 17.3 Å². The van der Waals surface area contributed by atoms with Crippen LogP contribution in [0.15, 0.2) is 29.3 Å². The molecule has 0 fully saturated rings. The van der Waals surface area contributed by atoms with E-state index in [0.717, 1.165) is 6.07 Å². The Morgan fingerprint density at radius 1 is 1.45 bits per heavy atom. The Morgan fingerprint density at radius 3 is 3.00 bits per heavy atom. The first kappa shape index (κ1) is 13.9. The molecule has 0 aliphatic rings. The molecule has 1 amide bonds. The quantitative estimate of drug-likeness (QED) is 0.737. The molecule has 1 aromatic carbocycles. The minimum Gasteiger partial charge on any atom is -0.293 e. The molecule has 2 aromatic heterocycles. The number of aromatic nitrogens is 5. The van der Waals surface area contributed by atoms with Crippen molar-refractivity contribution in [2.24, 2.45) is 0 Å². The van der Waals surface area contributed by atoms with Crippen molar-refractivity contribution in [3.8, 4) is 0 Å². The van der Waals surface area contributed by atoms with Crippen molar-refractivity contribution in [1.29, 1.82) is 0 Å². The summed E-state index contributed by atoms with van der Waals surface area (Å²) in [5, 5.41) is 8.65. The van der Waals surface area contributed by atoms with Gasteiger partial charge in [-0.2, -0.15) is 10.1 Å². The predicted octanol–water partition coefficient (Wildman–Crippen LogP) is 0.601. The molecule has 0 radical (unpaired) electrons. The lowest BCUT2D eigenvalue weighted by atomic mass is 10.2. The maximum atomic E-state index is 13.3. The number of carbonyl (C=O) groups is 1. The highest BCUT2D eigenvalue weighted by molar-refractivity contribution is 5.89. The number of nitrogens with one attached hydrogen (secondary N) is 2. The molecule has 0 saturated carbocycles. The van der Waals surface area contributed by atoms with Gasteiger partial charge >= 0.3 is 0 Å². The highest BCUT2D eigenvalue weighted by atomic mass is 19.1. The lowest BCUT2D eigenvalue weighted by molar-refractivity contribution is -0.116. The fraction of sp³-hybridized carbons (Fsp3) is 0.154. The van der Waals surface area contributed by atoms with E-state index in [0.29, 0.717) is 11.3 Å². The summed E-state index contributed by atoms with van der Waals surface area (Å²) in [5.74, 6) is -0.472. The highest BCUT2D eigenvalue weighted by Gasteiger charge is 2.13. The molecule has 0 atom stereocenters. The second-order valence-corrected chi connectivity index (χ2v) is 4.59. The van der Waals surface area contributed by atoms with Crippen molar-refractivity contribution in [1.82, 2.24) is 24.7 Å². The van der Waals surface area contributed by atoms with Gasteiger partial charge in [-0.1, -0.05) is 0 Å². The molecule has 9 heteroatoms. The van der Waals surface area contributed by atoms with Crippen molar-refractivity contribution in [2.75, 3.05) is 5.32 Å². The molecule has 8 nitrogen and oxygen atoms in total. The van der Waals surface area contributed by atoms with Gasteiger partial charge in [0.1, 0.15) is 24.5 Å². The van der Waals surface area contributed by atoms with Crippen LogP contribution in [0.25, 0.3) is 10.9 Å². The number of H-pyrrole nitrogens is 1. The summed E-state index contributed by atoms with van der Waals surface area (Å²) in [7, 11) is 0. The summed E-state index contributed by atoms with van der Waals surface area (Å²) >= 11 is 0.